The molecule has 0 saturated heterocycles. The molecule has 1 fully saturated rings. The standard InChI is InChI=1S/C14H20OS/c1-2-12-8-9-13(16-12)10-11-6-4-3-5-7-14(11)15/h8-9,11H,2-7,10H2,1H3. The second-order valence-corrected chi connectivity index (χ2v) is 5.94. The van der Waals surface area contributed by atoms with Gasteiger partial charge in [-0.1, -0.05) is 19.8 Å². The monoisotopic (exact) mass is 236 g/mol. The van der Waals surface area contributed by atoms with Gasteiger partial charge in [-0.05, 0) is 37.8 Å². The van der Waals surface area contributed by atoms with Crippen LogP contribution in [0.5, 0.6) is 0 Å². The van der Waals surface area contributed by atoms with Crippen LogP contribution in [0.15, 0.2) is 12.1 Å². The normalized spacial score (nSPS) is 22.1. The van der Waals surface area contributed by atoms with E-state index in [4.69, 9.17) is 0 Å². The molecule has 1 aliphatic carbocycles. The van der Waals surface area contributed by atoms with Crippen LogP contribution in [-0.2, 0) is 17.6 Å². The highest BCUT2D eigenvalue weighted by atomic mass is 32.1. The van der Waals surface area contributed by atoms with Gasteiger partial charge in [-0.3, -0.25) is 4.79 Å². The molecule has 16 heavy (non-hydrogen) atoms. The van der Waals surface area contributed by atoms with Crippen molar-refractivity contribution in [2.45, 2.75) is 51.9 Å². The predicted octanol–water partition coefficient (Wildman–Crippen LogP) is 4.00. The maximum atomic E-state index is 11.9. The van der Waals surface area contributed by atoms with E-state index in [2.05, 4.69) is 19.1 Å². The average molecular weight is 236 g/mol. The van der Waals surface area contributed by atoms with E-state index in [1.54, 1.807) is 0 Å². The molecule has 0 bridgehead atoms. The van der Waals surface area contributed by atoms with Crippen LogP contribution < -0.4 is 0 Å². The van der Waals surface area contributed by atoms with Crippen LogP contribution in [-0.4, -0.2) is 5.78 Å². The Labute approximate surface area is 102 Å². The van der Waals surface area contributed by atoms with E-state index in [1.807, 2.05) is 11.3 Å². The zero-order chi connectivity index (χ0) is 11.4. The first kappa shape index (κ1) is 11.8. The van der Waals surface area contributed by atoms with Gasteiger partial charge >= 0.3 is 0 Å². The molecule has 88 valence electrons. The number of Topliss-reactive ketones (excluding diaryl/α,β-unsaturated/α-hetero) is 1. The Hall–Kier alpha value is -0.630. The van der Waals surface area contributed by atoms with Crippen molar-refractivity contribution in [1.82, 2.24) is 0 Å². The topological polar surface area (TPSA) is 17.1 Å². The predicted molar refractivity (Wildman–Crippen MR) is 69.0 cm³/mol. The van der Waals surface area contributed by atoms with E-state index in [0.29, 0.717) is 11.7 Å². The van der Waals surface area contributed by atoms with Crippen LogP contribution in [0.25, 0.3) is 0 Å². The molecule has 1 atom stereocenters. The summed E-state index contributed by atoms with van der Waals surface area (Å²) in [6, 6.07) is 4.42. The number of hydrogen-bond donors (Lipinski definition) is 0. The Kier molecular flexibility index (Phi) is 4.16. The fourth-order valence-corrected chi connectivity index (χ4v) is 3.45. The molecule has 1 aromatic rings. The molecule has 0 aliphatic heterocycles. The third-order valence-electron chi connectivity index (χ3n) is 3.44. The molecule has 1 aliphatic rings. The number of carbonyl (C=O) groups is 1. The van der Waals surface area contributed by atoms with Gasteiger partial charge in [0, 0.05) is 22.1 Å². The largest absolute Gasteiger partial charge is 0.299 e. The maximum absolute atomic E-state index is 11.9. The number of hydrogen-bond acceptors (Lipinski definition) is 2. The molecule has 1 nitrogen and oxygen atoms in total. The lowest BCUT2D eigenvalue weighted by atomic mass is 9.95. The van der Waals surface area contributed by atoms with Gasteiger partial charge in [0.25, 0.3) is 0 Å². The quantitative estimate of drug-likeness (QED) is 0.725. The summed E-state index contributed by atoms with van der Waals surface area (Å²) in [6.07, 6.45) is 7.62. The molecule has 0 amide bonds. The van der Waals surface area contributed by atoms with Gasteiger partial charge in [-0.15, -0.1) is 11.3 Å². The summed E-state index contributed by atoms with van der Waals surface area (Å²) in [5.41, 5.74) is 0. The lowest BCUT2D eigenvalue weighted by Crippen LogP contribution is -2.14. The van der Waals surface area contributed by atoms with E-state index in [9.17, 15) is 4.79 Å². The fourth-order valence-electron chi connectivity index (χ4n) is 2.41. The first-order valence-corrected chi connectivity index (χ1v) is 7.21. The Morgan fingerprint density at radius 2 is 2.06 bits per heavy atom. The van der Waals surface area contributed by atoms with Gasteiger partial charge in [0.15, 0.2) is 0 Å². The molecule has 2 rings (SSSR count). The van der Waals surface area contributed by atoms with Crippen molar-refractivity contribution in [2.75, 3.05) is 0 Å². The molecular formula is C14H20OS. The Morgan fingerprint density at radius 3 is 2.81 bits per heavy atom. The van der Waals surface area contributed by atoms with Crippen LogP contribution in [0, 0.1) is 5.92 Å². The SMILES string of the molecule is CCc1ccc(CC2CCCCCC2=O)s1. The minimum Gasteiger partial charge on any atom is -0.299 e. The second kappa shape index (κ2) is 5.62. The number of ketones is 1. The van der Waals surface area contributed by atoms with E-state index >= 15 is 0 Å². The summed E-state index contributed by atoms with van der Waals surface area (Å²) < 4.78 is 0. The molecule has 1 unspecified atom stereocenters. The molecule has 1 heterocycles. The summed E-state index contributed by atoms with van der Waals surface area (Å²) in [5.74, 6) is 0.815. The number of carbonyl (C=O) groups excluding carboxylic acids is 1. The van der Waals surface area contributed by atoms with Gasteiger partial charge < -0.3 is 0 Å². The highest BCUT2D eigenvalue weighted by Gasteiger charge is 2.21. The van der Waals surface area contributed by atoms with Gasteiger partial charge in [0.2, 0.25) is 0 Å². The number of aryl methyl sites for hydroxylation is 1. The summed E-state index contributed by atoms with van der Waals surface area (Å²) in [4.78, 5) is 14.7. The van der Waals surface area contributed by atoms with Crippen LogP contribution in [0.1, 0.15) is 48.8 Å². The smallest absolute Gasteiger partial charge is 0.136 e. The first-order valence-electron chi connectivity index (χ1n) is 6.40. The second-order valence-electron chi connectivity index (χ2n) is 4.69. The number of rotatable bonds is 3. The van der Waals surface area contributed by atoms with Gasteiger partial charge in [-0.25, -0.2) is 0 Å². The Bertz CT molecular complexity index is 353. The molecule has 1 aromatic heterocycles. The zero-order valence-corrected chi connectivity index (χ0v) is 10.8. The lowest BCUT2D eigenvalue weighted by molar-refractivity contribution is -0.122. The van der Waals surface area contributed by atoms with Crippen LogP contribution in [0.2, 0.25) is 0 Å². The highest BCUT2D eigenvalue weighted by molar-refractivity contribution is 7.12. The maximum Gasteiger partial charge on any atom is 0.136 e. The van der Waals surface area contributed by atoms with Crippen LogP contribution in [0.3, 0.4) is 0 Å². The minimum atomic E-state index is 0.311. The summed E-state index contributed by atoms with van der Waals surface area (Å²) in [5, 5.41) is 0. The van der Waals surface area contributed by atoms with Crippen molar-refractivity contribution in [3.63, 3.8) is 0 Å². The van der Waals surface area contributed by atoms with Gasteiger partial charge in [0.05, 0.1) is 0 Å². The lowest BCUT2D eigenvalue weighted by Gasteiger charge is -2.10. The molecule has 0 radical (unpaired) electrons. The highest BCUT2D eigenvalue weighted by Crippen LogP contribution is 2.26. The van der Waals surface area contributed by atoms with E-state index in [1.165, 1.54) is 22.6 Å². The van der Waals surface area contributed by atoms with Crippen LogP contribution >= 0.6 is 11.3 Å². The third-order valence-corrected chi connectivity index (χ3v) is 4.70. The number of thiophene rings is 1. The van der Waals surface area contributed by atoms with Gasteiger partial charge in [0.1, 0.15) is 5.78 Å². The summed E-state index contributed by atoms with van der Waals surface area (Å²) in [6.45, 7) is 2.19. The molecule has 0 aromatic carbocycles. The van der Waals surface area contributed by atoms with Crippen LogP contribution in [0.4, 0.5) is 0 Å². The van der Waals surface area contributed by atoms with Crippen molar-refractivity contribution in [2.24, 2.45) is 5.92 Å². The van der Waals surface area contributed by atoms with E-state index in [0.717, 1.165) is 32.1 Å². The average Bonchev–Trinajstić information content (AvgIpc) is 2.65. The van der Waals surface area contributed by atoms with Crippen molar-refractivity contribution in [1.29, 1.82) is 0 Å². The molecule has 2 heteroatoms. The van der Waals surface area contributed by atoms with Crippen molar-refractivity contribution >= 4 is 17.1 Å². The third kappa shape index (κ3) is 2.94. The van der Waals surface area contributed by atoms with E-state index in [-0.39, 0.29) is 0 Å². The fraction of sp³-hybridized carbons (Fsp3) is 0.643. The summed E-state index contributed by atoms with van der Waals surface area (Å²) >= 11 is 1.88. The molecule has 1 saturated carbocycles. The summed E-state index contributed by atoms with van der Waals surface area (Å²) in [7, 11) is 0. The van der Waals surface area contributed by atoms with E-state index < -0.39 is 0 Å². The molecule has 0 spiro atoms. The molecular weight excluding hydrogens is 216 g/mol. The first-order chi connectivity index (χ1) is 7.79. The van der Waals surface area contributed by atoms with Crippen molar-refractivity contribution < 1.29 is 4.79 Å². The minimum absolute atomic E-state index is 0.311. The Balaban J connectivity index is 1.99. The molecule has 0 N–H and O–H groups in total. The zero-order valence-electron chi connectivity index (χ0n) is 10.00. The van der Waals surface area contributed by atoms with Gasteiger partial charge in [-0.2, -0.15) is 0 Å². The van der Waals surface area contributed by atoms with Crippen molar-refractivity contribution in [3.8, 4) is 0 Å². The Morgan fingerprint density at radius 1 is 1.25 bits per heavy atom. The van der Waals surface area contributed by atoms with Crippen molar-refractivity contribution in [3.05, 3.63) is 21.9 Å².